The number of nitrogens with one attached hydrogen (secondary N) is 1. The van der Waals surface area contributed by atoms with Crippen LogP contribution in [0.15, 0.2) is 63.9 Å². The van der Waals surface area contributed by atoms with E-state index in [-0.39, 0.29) is 17.9 Å². The number of aromatic nitrogens is 2. The van der Waals surface area contributed by atoms with E-state index < -0.39 is 0 Å². The molecule has 1 amide bonds. The van der Waals surface area contributed by atoms with Crippen molar-refractivity contribution in [2.75, 3.05) is 5.32 Å². The monoisotopic (exact) mass is 387 g/mol. The summed E-state index contributed by atoms with van der Waals surface area (Å²) in [5.74, 6) is 0.336. The highest BCUT2D eigenvalue weighted by atomic mass is 16.5. The van der Waals surface area contributed by atoms with Gasteiger partial charge in [0.05, 0.1) is 11.2 Å². The lowest BCUT2D eigenvalue weighted by Crippen LogP contribution is -2.22. The predicted molar refractivity (Wildman–Crippen MR) is 113 cm³/mol. The van der Waals surface area contributed by atoms with Crippen LogP contribution in [0.25, 0.3) is 22.2 Å². The van der Waals surface area contributed by atoms with Gasteiger partial charge >= 0.3 is 0 Å². The fourth-order valence-electron chi connectivity index (χ4n) is 3.49. The Morgan fingerprint density at radius 3 is 2.52 bits per heavy atom. The smallest absolute Gasteiger partial charge is 0.244 e. The lowest BCUT2D eigenvalue weighted by Gasteiger charge is -2.17. The minimum atomic E-state index is -0.219. The fourth-order valence-corrected chi connectivity index (χ4v) is 3.49. The maximum Gasteiger partial charge on any atom is 0.244 e. The van der Waals surface area contributed by atoms with E-state index in [4.69, 9.17) is 4.52 Å². The zero-order valence-corrected chi connectivity index (χ0v) is 16.5. The van der Waals surface area contributed by atoms with Gasteiger partial charge in [-0.3, -0.25) is 9.59 Å². The number of carbonyl (C=O) groups is 1. The summed E-state index contributed by atoms with van der Waals surface area (Å²) >= 11 is 0. The first-order chi connectivity index (χ1) is 13.9. The van der Waals surface area contributed by atoms with Gasteiger partial charge in [-0.15, -0.1) is 0 Å². The van der Waals surface area contributed by atoms with E-state index in [0.717, 1.165) is 16.6 Å². The van der Waals surface area contributed by atoms with Gasteiger partial charge in [0.25, 0.3) is 0 Å². The summed E-state index contributed by atoms with van der Waals surface area (Å²) in [5, 5.41) is 7.35. The van der Waals surface area contributed by atoms with Crippen molar-refractivity contribution >= 4 is 22.5 Å². The predicted octanol–water partition coefficient (Wildman–Crippen LogP) is 4.22. The first-order valence-electron chi connectivity index (χ1n) is 9.36. The van der Waals surface area contributed by atoms with Gasteiger partial charge in [-0.2, -0.15) is 0 Å². The first-order valence-corrected chi connectivity index (χ1v) is 9.36. The van der Waals surface area contributed by atoms with Crippen LogP contribution < -0.4 is 10.7 Å². The number of hydrogen-bond acceptors (Lipinski definition) is 4. The Morgan fingerprint density at radius 1 is 1.07 bits per heavy atom. The number of amides is 1. The number of aryl methyl sites for hydroxylation is 3. The summed E-state index contributed by atoms with van der Waals surface area (Å²) in [7, 11) is 0. The second-order valence-corrected chi connectivity index (χ2v) is 7.11. The summed E-state index contributed by atoms with van der Waals surface area (Å²) in [4.78, 5) is 25.6. The molecule has 0 saturated heterocycles. The molecule has 0 fully saturated rings. The van der Waals surface area contributed by atoms with Gasteiger partial charge in [-0.05, 0) is 44.0 Å². The standard InChI is InChI=1S/C23H21N3O3/c1-14-9-10-18-20(11-14)26(13-22(28)24-23-15(2)25-29-16(23)3)19(12-21(18)27)17-7-5-4-6-8-17/h4-12H,13H2,1-3H3,(H,24,28). The molecule has 0 saturated carbocycles. The molecule has 0 atom stereocenters. The van der Waals surface area contributed by atoms with Crippen molar-refractivity contribution in [3.8, 4) is 11.3 Å². The van der Waals surface area contributed by atoms with Crippen LogP contribution in [0.3, 0.4) is 0 Å². The molecule has 29 heavy (non-hydrogen) atoms. The van der Waals surface area contributed by atoms with Crippen molar-refractivity contribution in [2.24, 2.45) is 0 Å². The second kappa shape index (κ2) is 7.39. The normalized spacial score (nSPS) is 11.0. The zero-order chi connectivity index (χ0) is 20.5. The number of nitrogens with zero attached hydrogens (tertiary/aromatic N) is 2. The number of rotatable bonds is 4. The van der Waals surface area contributed by atoms with Crippen LogP contribution >= 0.6 is 0 Å². The quantitative estimate of drug-likeness (QED) is 0.569. The van der Waals surface area contributed by atoms with E-state index in [9.17, 15) is 9.59 Å². The molecule has 0 spiro atoms. The van der Waals surface area contributed by atoms with E-state index >= 15 is 0 Å². The van der Waals surface area contributed by atoms with Gasteiger partial charge in [0, 0.05) is 11.5 Å². The van der Waals surface area contributed by atoms with Gasteiger partial charge in [0.1, 0.15) is 17.9 Å². The Balaban J connectivity index is 1.85. The lowest BCUT2D eigenvalue weighted by molar-refractivity contribution is -0.116. The van der Waals surface area contributed by atoms with Crippen molar-refractivity contribution in [1.82, 2.24) is 9.72 Å². The van der Waals surface area contributed by atoms with E-state index in [1.54, 1.807) is 19.9 Å². The highest BCUT2D eigenvalue weighted by molar-refractivity contribution is 5.93. The molecule has 6 heteroatoms. The van der Waals surface area contributed by atoms with E-state index in [1.165, 1.54) is 0 Å². The van der Waals surface area contributed by atoms with Gasteiger partial charge in [0.15, 0.2) is 11.2 Å². The van der Waals surface area contributed by atoms with E-state index in [1.807, 2.05) is 60.0 Å². The highest BCUT2D eigenvalue weighted by Crippen LogP contribution is 2.24. The molecule has 0 unspecified atom stereocenters. The lowest BCUT2D eigenvalue weighted by atomic mass is 10.1. The van der Waals surface area contributed by atoms with Crippen LogP contribution in [0.1, 0.15) is 17.0 Å². The van der Waals surface area contributed by atoms with Crippen LogP contribution in [0.4, 0.5) is 5.69 Å². The molecule has 4 rings (SSSR count). The minimum absolute atomic E-state index is 0.0501. The number of hydrogen-bond donors (Lipinski definition) is 1. The molecule has 2 aromatic carbocycles. The fraction of sp³-hybridized carbons (Fsp3) is 0.174. The molecule has 146 valence electrons. The van der Waals surface area contributed by atoms with Crippen LogP contribution in [0.5, 0.6) is 0 Å². The minimum Gasteiger partial charge on any atom is -0.359 e. The van der Waals surface area contributed by atoms with Crippen LogP contribution in [0, 0.1) is 20.8 Å². The third kappa shape index (κ3) is 3.57. The van der Waals surface area contributed by atoms with Crippen molar-refractivity contribution in [1.29, 1.82) is 0 Å². The van der Waals surface area contributed by atoms with Crippen LogP contribution in [0.2, 0.25) is 0 Å². The van der Waals surface area contributed by atoms with Gasteiger partial charge in [0.2, 0.25) is 5.91 Å². The average Bonchev–Trinajstić information content (AvgIpc) is 3.02. The summed E-state index contributed by atoms with van der Waals surface area (Å²) in [6.07, 6.45) is 0. The third-order valence-electron chi connectivity index (χ3n) is 4.94. The number of benzene rings is 2. The molecule has 1 N–H and O–H groups in total. The van der Waals surface area contributed by atoms with Gasteiger partial charge < -0.3 is 14.4 Å². The van der Waals surface area contributed by atoms with Crippen molar-refractivity contribution in [3.05, 3.63) is 81.8 Å². The topological polar surface area (TPSA) is 77.1 Å². The molecular formula is C23H21N3O3. The Labute approximate surface area is 167 Å². The molecule has 2 heterocycles. The molecule has 4 aromatic rings. The molecule has 0 bridgehead atoms. The Morgan fingerprint density at radius 2 is 1.83 bits per heavy atom. The zero-order valence-electron chi connectivity index (χ0n) is 16.5. The largest absolute Gasteiger partial charge is 0.359 e. The Hall–Kier alpha value is -3.67. The van der Waals surface area contributed by atoms with Gasteiger partial charge in [-0.1, -0.05) is 41.6 Å². The summed E-state index contributed by atoms with van der Waals surface area (Å²) in [5.41, 5.74) is 4.45. The van der Waals surface area contributed by atoms with E-state index in [0.29, 0.717) is 28.2 Å². The first kappa shape index (κ1) is 18.7. The van der Waals surface area contributed by atoms with Gasteiger partial charge in [-0.25, -0.2) is 0 Å². The maximum absolute atomic E-state index is 12.9. The van der Waals surface area contributed by atoms with Crippen LogP contribution in [-0.2, 0) is 11.3 Å². The maximum atomic E-state index is 12.9. The third-order valence-corrected chi connectivity index (χ3v) is 4.94. The molecule has 0 aliphatic heterocycles. The highest BCUT2D eigenvalue weighted by Gasteiger charge is 2.17. The summed E-state index contributed by atoms with van der Waals surface area (Å²) in [6, 6.07) is 16.8. The SMILES string of the molecule is Cc1ccc2c(=O)cc(-c3ccccc3)n(CC(=O)Nc3c(C)noc3C)c2c1. The summed E-state index contributed by atoms with van der Waals surface area (Å²) in [6.45, 7) is 5.55. The Bertz CT molecular complexity index is 1250. The van der Waals surface area contributed by atoms with Crippen molar-refractivity contribution in [2.45, 2.75) is 27.3 Å². The second-order valence-electron chi connectivity index (χ2n) is 7.11. The molecular weight excluding hydrogens is 366 g/mol. The molecule has 0 aliphatic carbocycles. The molecule has 6 nitrogen and oxygen atoms in total. The Kier molecular flexibility index (Phi) is 4.76. The molecule has 0 aliphatic rings. The molecule has 2 aromatic heterocycles. The van der Waals surface area contributed by atoms with Crippen molar-refractivity contribution < 1.29 is 9.32 Å². The van der Waals surface area contributed by atoms with E-state index in [2.05, 4.69) is 10.5 Å². The van der Waals surface area contributed by atoms with Crippen molar-refractivity contribution in [3.63, 3.8) is 0 Å². The number of carbonyl (C=O) groups excluding carboxylic acids is 1. The van der Waals surface area contributed by atoms with Crippen LogP contribution in [-0.4, -0.2) is 15.6 Å². The number of pyridine rings is 1. The number of anilines is 1. The average molecular weight is 387 g/mol. The summed E-state index contributed by atoms with van der Waals surface area (Å²) < 4.78 is 7.01. The molecule has 0 radical (unpaired) electrons. The number of fused-ring (bicyclic) bond motifs is 1.